The van der Waals surface area contributed by atoms with Gasteiger partial charge in [0, 0.05) is 12.1 Å². The summed E-state index contributed by atoms with van der Waals surface area (Å²) in [6.07, 6.45) is -15.2. The molecule has 6 nitrogen and oxygen atoms in total. The van der Waals surface area contributed by atoms with Crippen molar-refractivity contribution in [2.45, 2.75) is 18.5 Å². The van der Waals surface area contributed by atoms with Crippen molar-refractivity contribution >= 4 is 21.4 Å². The van der Waals surface area contributed by atoms with Gasteiger partial charge in [0.25, 0.3) is 6.17 Å². The average Bonchev–Trinajstić information content (AvgIpc) is 2.31. The number of alkyl halides is 6. The van der Waals surface area contributed by atoms with Crippen molar-refractivity contribution in [3.05, 3.63) is 12.1 Å². The molecule has 0 saturated heterocycles. The summed E-state index contributed by atoms with van der Waals surface area (Å²) in [5.41, 5.74) is 3.70. The number of aromatic hydroxyl groups is 1. The van der Waals surface area contributed by atoms with Crippen LogP contribution in [-0.4, -0.2) is 38.2 Å². The molecule has 0 aliphatic heterocycles. The molecular formula is C10H10F6N2O4S. The van der Waals surface area contributed by atoms with Crippen LogP contribution in [0.2, 0.25) is 0 Å². The highest BCUT2D eigenvalue weighted by Gasteiger charge is 2.59. The van der Waals surface area contributed by atoms with Crippen LogP contribution < -0.4 is 15.2 Å². The van der Waals surface area contributed by atoms with Crippen LogP contribution in [0.5, 0.6) is 11.5 Å². The van der Waals surface area contributed by atoms with Gasteiger partial charge in [0.15, 0.2) is 5.75 Å². The van der Waals surface area contributed by atoms with Crippen LogP contribution in [0.1, 0.15) is 0 Å². The number of sulfonamides is 1. The number of hydrogen-bond donors (Lipinski definition) is 3. The Morgan fingerprint density at radius 3 is 2.22 bits per heavy atom. The lowest BCUT2D eigenvalue weighted by molar-refractivity contribution is -0.304. The largest absolute Gasteiger partial charge is 0.506 e. The molecule has 23 heavy (non-hydrogen) atoms. The van der Waals surface area contributed by atoms with Crippen molar-refractivity contribution in [2.75, 3.05) is 16.7 Å². The molecule has 0 aliphatic rings. The lowest BCUT2D eigenvalue weighted by Gasteiger charge is -2.24. The maximum atomic E-state index is 13.2. The molecular weight excluding hydrogens is 358 g/mol. The SMILES string of the molecule is CS(=O)(=O)Nc1cc(OC(F)(F)C(F)C(F)(F)F)c(N)cc1O. The second kappa shape index (κ2) is 5.86. The van der Waals surface area contributed by atoms with Crippen molar-refractivity contribution in [1.82, 2.24) is 0 Å². The Bertz CT molecular complexity index is 691. The summed E-state index contributed by atoms with van der Waals surface area (Å²) < 4.78 is 103. The topological polar surface area (TPSA) is 102 Å². The summed E-state index contributed by atoms with van der Waals surface area (Å²) in [4.78, 5) is 0. The second-order valence-corrected chi connectivity index (χ2v) is 6.10. The number of phenolic OH excluding ortho intramolecular Hbond substituents is 1. The molecule has 13 heteroatoms. The van der Waals surface area contributed by atoms with Gasteiger partial charge in [-0.3, -0.25) is 4.72 Å². The van der Waals surface area contributed by atoms with Crippen LogP contribution in [0, 0.1) is 0 Å². The minimum Gasteiger partial charge on any atom is -0.506 e. The van der Waals surface area contributed by atoms with Gasteiger partial charge in [0.2, 0.25) is 10.0 Å². The zero-order valence-corrected chi connectivity index (χ0v) is 12.0. The molecule has 0 bridgehead atoms. The molecule has 0 radical (unpaired) electrons. The fourth-order valence-electron chi connectivity index (χ4n) is 1.34. The number of nitrogens with one attached hydrogen (secondary N) is 1. The first-order valence-electron chi connectivity index (χ1n) is 5.51. The second-order valence-electron chi connectivity index (χ2n) is 4.35. The van der Waals surface area contributed by atoms with E-state index < -0.39 is 51.4 Å². The molecule has 1 aromatic carbocycles. The highest BCUT2D eigenvalue weighted by Crippen LogP contribution is 2.41. The Morgan fingerprint density at radius 2 is 1.78 bits per heavy atom. The van der Waals surface area contributed by atoms with Crippen LogP contribution in [0.25, 0.3) is 0 Å². The van der Waals surface area contributed by atoms with Gasteiger partial charge in [-0.1, -0.05) is 0 Å². The van der Waals surface area contributed by atoms with Gasteiger partial charge < -0.3 is 15.6 Å². The van der Waals surface area contributed by atoms with Crippen molar-refractivity contribution in [3.63, 3.8) is 0 Å². The summed E-state index contributed by atoms with van der Waals surface area (Å²) in [7, 11) is -3.96. The molecule has 0 fully saturated rings. The highest BCUT2D eigenvalue weighted by molar-refractivity contribution is 7.92. The first-order chi connectivity index (χ1) is 10.1. The summed E-state index contributed by atoms with van der Waals surface area (Å²) in [6, 6.07) is 0.933. The number of halogens is 6. The van der Waals surface area contributed by atoms with Crippen LogP contribution >= 0.6 is 0 Å². The van der Waals surface area contributed by atoms with Gasteiger partial charge in [-0.25, -0.2) is 12.8 Å². The lowest BCUT2D eigenvalue weighted by atomic mass is 10.2. The van der Waals surface area contributed by atoms with E-state index in [1.807, 2.05) is 0 Å². The lowest BCUT2D eigenvalue weighted by Crippen LogP contribution is -2.45. The summed E-state index contributed by atoms with van der Waals surface area (Å²) in [6.45, 7) is 0. The number of rotatable bonds is 5. The third-order valence-corrected chi connectivity index (χ3v) is 2.84. The quantitative estimate of drug-likeness (QED) is 0.420. The van der Waals surface area contributed by atoms with E-state index in [1.54, 1.807) is 4.72 Å². The predicted octanol–water partition coefficient (Wildman–Crippen LogP) is 2.22. The first kappa shape index (κ1) is 19.0. The normalized spacial score (nSPS) is 14.4. The molecule has 0 saturated carbocycles. The van der Waals surface area contributed by atoms with E-state index in [0.717, 1.165) is 0 Å². The Morgan fingerprint density at radius 1 is 1.26 bits per heavy atom. The molecule has 1 unspecified atom stereocenters. The molecule has 1 rings (SSSR count). The van der Waals surface area contributed by atoms with Gasteiger partial charge in [0.1, 0.15) is 5.75 Å². The van der Waals surface area contributed by atoms with Gasteiger partial charge >= 0.3 is 12.3 Å². The minimum atomic E-state index is -5.90. The predicted molar refractivity (Wildman–Crippen MR) is 67.5 cm³/mol. The smallest absolute Gasteiger partial charge is 0.439 e. The first-order valence-corrected chi connectivity index (χ1v) is 7.40. The van der Waals surface area contributed by atoms with Gasteiger partial charge in [-0.2, -0.15) is 22.0 Å². The Balaban J connectivity index is 3.21. The zero-order valence-electron chi connectivity index (χ0n) is 11.2. The van der Waals surface area contributed by atoms with Crippen molar-refractivity contribution in [3.8, 4) is 11.5 Å². The van der Waals surface area contributed by atoms with Gasteiger partial charge in [-0.05, 0) is 0 Å². The van der Waals surface area contributed by atoms with Crippen LogP contribution in [0.4, 0.5) is 37.7 Å². The molecule has 4 N–H and O–H groups in total. The third-order valence-electron chi connectivity index (χ3n) is 2.25. The molecule has 0 aliphatic carbocycles. The Hall–Kier alpha value is -2.05. The van der Waals surface area contributed by atoms with Gasteiger partial charge in [-0.15, -0.1) is 0 Å². The maximum Gasteiger partial charge on any atom is 0.439 e. The van der Waals surface area contributed by atoms with E-state index in [9.17, 15) is 39.9 Å². The fraction of sp³-hybridized carbons (Fsp3) is 0.400. The number of nitrogen functional groups attached to an aromatic ring is 1. The Labute approximate surface area is 125 Å². The summed E-state index contributed by atoms with van der Waals surface area (Å²) in [5.74, 6) is -1.97. The van der Waals surface area contributed by atoms with Crippen LogP contribution in [-0.2, 0) is 10.0 Å². The van der Waals surface area contributed by atoms with E-state index in [2.05, 4.69) is 4.74 Å². The van der Waals surface area contributed by atoms with Crippen molar-refractivity contribution < 1.29 is 44.6 Å². The van der Waals surface area contributed by atoms with E-state index in [0.29, 0.717) is 18.4 Å². The third kappa shape index (κ3) is 4.97. The maximum absolute atomic E-state index is 13.2. The fourth-order valence-corrected chi connectivity index (χ4v) is 1.91. The standard InChI is InChI=1S/C10H10F6N2O4S/c1-23(20,21)18-5-3-7(4(17)2-6(5)19)22-10(15,16)8(11)9(12,13)14/h2-3,8,18-19H,17H2,1H3. The van der Waals surface area contributed by atoms with E-state index >= 15 is 0 Å². The number of phenols is 1. The number of nitrogens with two attached hydrogens (primary N) is 1. The number of benzene rings is 1. The van der Waals surface area contributed by atoms with Crippen molar-refractivity contribution in [2.24, 2.45) is 0 Å². The van der Waals surface area contributed by atoms with E-state index in [-0.39, 0.29) is 0 Å². The average molecular weight is 368 g/mol. The summed E-state index contributed by atoms with van der Waals surface area (Å²) in [5, 5.41) is 9.41. The summed E-state index contributed by atoms with van der Waals surface area (Å²) >= 11 is 0. The number of anilines is 2. The molecule has 0 spiro atoms. The van der Waals surface area contributed by atoms with E-state index in [4.69, 9.17) is 5.73 Å². The molecule has 0 heterocycles. The zero-order chi connectivity index (χ0) is 18.2. The van der Waals surface area contributed by atoms with Crippen LogP contribution in [0.15, 0.2) is 12.1 Å². The molecule has 132 valence electrons. The Kier molecular flexibility index (Phi) is 4.84. The number of ether oxygens (including phenoxy) is 1. The molecule has 0 amide bonds. The monoisotopic (exact) mass is 368 g/mol. The van der Waals surface area contributed by atoms with E-state index in [1.165, 1.54) is 0 Å². The molecule has 1 aromatic rings. The number of hydrogen-bond acceptors (Lipinski definition) is 5. The molecule has 0 aromatic heterocycles. The molecule has 1 atom stereocenters. The van der Waals surface area contributed by atoms with Crippen LogP contribution in [0.3, 0.4) is 0 Å². The minimum absolute atomic E-state index is 0.392. The van der Waals surface area contributed by atoms with Gasteiger partial charge in [0.05, 0.1) is 17.6 Å². The highest BCUT2D eigenvalue weighted by atomic mass is 32.2. The van der Waals surface area contributed by atoms with Crippen molar-refractivity contribution in [1.29, 1.82) is 0 Å².